The van der Waals surface area contributed by atoms with Gasteiger partial charge in [0.25, 0.3) is 0 Å². The van der Waals surface area contributed by atoms with Gasteiger partial charge in [-0.3, -0.25) is 0 Å². The van der Waals surface area contributed by atoms with Crippen molar-refractivity contribution in [3.05, 3.63) is 28.8 Å². The molecule has 2 rings (SSSR count). The molecule has 1 aromatic carbocycles. The van der Waals surface area contributed by atoms with Crippen molar-refractivity contribution in [2.45, 2.75) is 50.1 Å². The molecule has 1 saturated carbocycles. The third-order valence-electron chi connectivity index (χ3n) is 4.03. The summed E-state index contributed by atoms with van der Waals surface area (Å²) >= 11 is 6.12. The zero-order chi connectivity index (χ0) is 15.5. The van der Waals surface area contributed by atoms with Crippen molar-refractivity contribution in [1.29, 1.82) is 0 Å². The highest BCUT2D eigenvalue weighted by Crippen LogP contribution is 2.29. The molecule has 1 aromatic rings. The Morgan fingerprint density at radius 3 is 2.57 bits per heavy atom. The van der Waals surface area contributed by atoms with Gasteiger partial charge in [-0.2, -0.15) is 4.31 Å². The summed E-state index contributed by atoms with van der Waals surface area (Å²) in [5, 5.41) is 3.60. The van der Waals surface area contributed by atoms with Crippen LogP contribution in [0.5, 0.6) is 0 Å². The van der Waals surface area contributed by atoms with Gasteiger partial charge in [-0.25, -0.2) is 8.42 Å². The average Bonchev–Trinajstić information content (AvgIpc) is 2.95. The molecule has 0 unspecified atom stereocenters. The molecule has 0 bridgehead atoms. The molecule has 1 aliphatic rings. The van der Waals surface area contributed by atoms with E-state index in [2.05, 4.69) is 5.32 Å². The maximum atomic E-state index is 12.9. The predicted molar refractivity (Wildman–Crippen MR) is 86.0 cm³/mol. The van der Waals surface area contributed by atoms with Gasteiger partial charge in [-0.15, -0.1) is 0 Å². The Balaban J connectivity index is 2.35. The smallest absolute Gasteiger partial charge is 0.243 e. The number of nitrogens with one attached hydrogen (secondary N) is 1. The van der Waals surface area contributed by atoms with Crippen molar-refractivity contribution in [3.8, 4) is 0 Å². The number of halogens is 1. The van der Waals surface area contributed by atoms with Crippen LogP contribution in [0.15, 0.2) is 23.1 Å². The SMILES string of the molecule is CCN(C1CCCC1)S(=O)(=O)c1ccc(Cl)c(CNC)c1. The van der Waals surface area contributed by atoms with Crippen LogP contribution in [-0.2, 0) is 16.6 Å². The highest BCUT2D eigenvalue weighted by atomic mass is 35.5. The second-order valence-electron chi connectivity index (χ2n) is 5.43. The maximum absolute atomic E-state index is 12.9. The van der Waals surface area contributed by atoms with Gasteiger partial charge < -0.3 is 5.32 Å². The molecule has 4 nitrogen and oxygen atoms in total. The topological polar surface area (TPSA) is 49.4 Å². The Bertz CT molecular complexity index is 583. The molecule has 6 heteroatoms. The van der Waals surface area contributed by atoms with Gasteiger partial charge in [0.05, 0.1) is 4.90 Å². The summed E-state index contributed by atoms with van der Waals surface area (Å²) in [6.45, 7) is 2.97. The summed E-state index contributed by atoms with van der Waals surface area (Å²) in [4.78, 5) is 0.339. The van der Waals surface area contributed by atoms with Crippen LogP contribution in [0.25, 0.3) is 0 Å². The van der Waals surface area contributed by atoms with Gasteiger partial charge in [0.2, 0.25) is 10.0 Å². The summed E-state index contributed by atoms with van der Waals surface area (Å²) in [6, 6.07) is 5.10. The lowest BCUT2D eigenvalue weighted by Crippen LogP contribution is -2.38. The van der Waals surface area contributed by atoms with Crippen molar-refractivity contribution >= 4 is 21.6 Å². The zero-order valence-electron chi connectivity index (χ0n) is 12.6. The standard InChI is InChI=1S/C15H23ClN2O2S/c1-3-18(13-6-4-5-7-13)21(19,20)14-8-9-15(16)12(10-14)11-17-2/h8-10,13,17H,3-7,11H2,1-2H3. The summed E-state index contributed by atoms with van der Waals surface area (Å²) in [7, 11) is -1.63. The highest BCUT2D eigenvalue weighted by molar-refractivity contribution is 7.89. The number of sulfonamides is 1. The fourth-order valence-electron chi connectivity index (χ4n) is 2.99. The monoisotopic (exact) mass is 330 g/mol. The van der Waals surface area contributed by atoms with Crippen molar-refractivity contribution < 1.29 is 8.42 Å². The maximum Gasteiger partial charge on any atom is 0.243 e. The first-order valence-electron chi connectivity index (χ1n) is 7.45. The van der Waals surface area contributed by atoms with Crippen molar-refractivity contribution in [2.75, 3.05) is 13.6 Å². The van der Waals surface area contributed by atoms with E-state index in [4.69, 9.17) is 11.6 Å². The second-order valence-corrected chi connectivity index (χ2v) is 7.73. The first kappa shape index (κ1) is 16.7. The quantitative estimate of drug-likeness (QED) is 0.872. The first-order chi connectivity index (χ1) is 10.0. The minimum Gasteiger partial charge on any atom is -0.316 e. The molecule has 0 saturated heterocycles. The lowest BCUT2D eigenvalue weighted by molar-refractivity contribution is 0.335. The van der Waals surface area contributed by atoms with Crippen LogP contribution in [-0.4, -0.2) is 32.4 Å². The lowest BCUT2D eigenvalue weighted by atomic mass is 10.2. The largest absolute Gasteiger partial charge is 0.316 e. The van der Waals surface area contributed by atoms with E-state index in [-0.39, 0.29) is 6.04 Å². The van der Waals surface area contributed by atoms with Gasteiger partial charge in [-0.05, 0) is 43.7 Å². The highest BCUT2D eigenvalue weighted by Gasteiger charge is 2.32. The molecule has 1 fully saturated rings. The van der Waals surface area contributed by atoms with Crippen LogP contribution in [0.3, 0.4) is 0 Å². The van der Waals surface area contributed by atoms with Crippen LogP contribution >= 0.6 is 11.6 Å². The van der Waals surface area contributed by atoms with E-state index >= 15 is 0 Å². The molecule has 118 valence electrons. The molecule has 0 aromatic heterocycles. The van der Waals surface area contributed by atoms with E-state index in [1.807, 2.05) is 14.0 Å². The van der Waals surface area contributed by atoms with Crippen molar-refractivity contribution in [2.24, 2.45) is 0 Å². The molecular weight excluding hydrogens is 308 g/mol. The average molecular weight is 331 g/mol. The molecule has 0 radical (unpaired) electrons. The van der Waals surface area contributed by atoms with Gasteiger partial charge in [0, 0.05) is 24.2 Å². The van der Waals surface area contributed by atoms with Gasteiger partial charge in [0.1, 0.15) is 0 Å². The van der Waals surface area contributed by atoms with Gasteiger partial charge >= 0.3 is 0 Å². The molecule has 21 heavy (non-hydrogen) atoms. The number of hydrogen-bond acceptors (Lipinski definition) is 3. The van der Waals surface area contributed by atoms with Crippen LogP contribution < -0.4 is 5.32 Å². The number of hydrogen-bond donors (Lipinski definition) is 1. The lowest BCUT2D eigenvalue weighted by Gasteiger charge is -2.27. The fourth-order valence-corrected chi connectivity index (χ4v) is 4.92. The van der Waals surface area contributed by atoms with E-state index in [0.717, 1.165) is 31.2 Å². The van der Waals surface area contributed by atoms with Gasteiger partial charge in [0.15, 0.2) is 0 Å². The minimum atomic E-state index is -3.45. The Morgan fingerprint density at radius 2 is 2.00 bits per heavy atom. The van der Waals surface area contributed by atoms with Crippen molar-refractivity contribution in [3.63, 3.8) is 0 Å². The molecule has 0 atom stereocenters. The van der Waals surface area contributed by atoms with E-state index in [1.165, 1.54) is 0 Å². The Hall–Kier alpha value is -0.620. The van der Waals surface area contributed by atoms with Crippen LogP contribution in [0.4, 0.5) is 0 Å². The zero-order valence-corrected chi connectivity index (χ0v) is 14.2. The molecular formula is C15H23ClN2O2S. The fraction of sp³-hybridized carbons (Fsp3) is 0.600. The Morgan fingerprint density at radius 1 is 1.33 bits per heavy atom. The van der Waals surface area contributed by atoms with Crippen LogP contribution in [0.1, 0.15) is 38.2 Å². The molecule has 0 aliphatic heterocycles. The first-order valence-corrected chi connectivity index (χ1v) is 9.27. The number of nitrogens with zero attached hydrogens (tertiary/aromatic N) is 1. The Kier molecular flexibility index (Phi) is 5.66. The second kappa shape index (κ2) is 7.09. The van der Waals surface area contributed by atoms with E-state index < -0.39 is 10.0 Å². The van der Waals surface area contributed by atoms with E-state index in [0.29, 0.717) is 23.0 Å². The van der Waals surface area contributed by atoms with Crippen LogP contribution in [0, 0.1) is 0 Å². The molecule has 0 heterocycles. The van der Waals surface area contributed by atoms with E-state index in [9.17, 15) is 8.42 Å². The molecule has 0 amide bonds. The number of rotatable bonds is 6. The normalized spacial score (nSPS) is 16.8. The van der Waals surface area contributed by atoms with E-state index in [1.54, 1.807) is 22.5 Å². The predicted octanol–water partition coefficient (Wildman–Crippen LogP) is 3.01. The Labute approximate surface area is 132 Å². The number of benzene rings is 1. The molecule has 1 aliphatic carbocycles. The summed E-state index contributed by atoms with van der Waals surface area (Å²) in [5.41, 5.74) is 0.808. The third kappa shape index (κ3) is 3.59. The summed E-state index contributed by atoms with van der Waals surface area (Å²) < 4.78 is 27.4. The van der Waals surface area contributed by atoms with Crippen LogP contribution in [0.2, 0.25) is 5.02 Å². The summed E-state index contributed by atoms with van der Waals surface area (Å²) in [5.74, 6) is 0. The molecule has 0 spiro atoms. The van der Waals surface area contributed by atoms with Crippen molar-refractivity contribution in [1.82, 2.24) is 9.62 Å². The third-order valence-corrected chi connectivity index (χ3v) is 6.43. The van der Waals surface area contributed by atoms with Gasteiger partial charge in [-0.1, -0.05) is 31.4 Å². The molecule has 1 N–H and O–H groups in total. The summed E-state index contributed by atoms with van der Waals surface area (Å²) in [6.07, 6.45) is 4.15. The minimum absolute atomic E-state index is 0.142.